The van der Waals surface area contributed by atoms with Gasteiger partial charge in [0, 0.05) is 0 Å². The highest BCUT2D eigenvalue weighted by atomic mass is 14.1. The molecule has 0 heteroatoms. The second-order valence-electron chi connectivity index (χ2n) is 8.33. The Labute approximate surface area is 174 Å². The summed E-state index contributed by atoms with van der Waals surface area (Å²) in [6.07, 6.45) is 25.3. The highest BCUT2D eigenvalue weighted by molar-refractivity contribution is 5.85. The fourth-order valence-electron chi connectivity index (χ4n) is 4.06. The zero-order valence-corrected chi connectivity index (χ0v) is 18.3. The molecule has 0 saturated heterocycles. The van der Waals surface area contributed by atoms with E-state index in [1.807, 2.05) is 0 Å². The fraction of sp³-hybridized carbons (Fsp3) is 0.571. The molecule has 0 saturated carbocycles. The molecule has 0 nitrogen and oxygen atoms in total. The van der Waals surface area contributed by atoms with E-state index in [9.17, 15) is 0 Å². The predicted octanol–water partition coefficient (Wildman–Crippen LogP) is 9.42. The van der Waals surface area contributed by atoms with Crippen LogP contribution in [0.3, 0.4) is 0 Å². The zero-order valence-electron chi connectivity index (χ0n) is 18.3. The van der Waals surface area contributed by atoms with Crippen LogP contribution in [0, 0.1) is 0 Å². The third-order valence-corrected chi connectivity index (χ3v) is 5.84. The van der Waals surface area contributed by atoms with E-state index in [1.165, 1.54) is 113 Å². The Morgan fingerprint density at radius 3 is 1.86 bits per heavy atom. The molecule has 0 bridgehead atoms. The number of hydrogen-bond acceptors (Lipinski definition) is 0. The van der Waals surface area contributed by atoms with Crippen LogP contribution < -0.4 is 0 Å². The van der Waals surface area contributed by atoms with Crippen LogP contribution >= 0.6 is 0 Å². The molecule has 0 unspecified atom stereocenters. The van der Waals surface area contributed by atoms with Gasteiger partial charge in [-0.2, -0.15) is 0 Å². The molecular weight excluding hydrogens is 336 g/mol. The van der Waals surface area contributed by atoms with Crippen molar-refractivity contribution in [3.05, 3.63) is 60.2 Å². The maximum atomic E-state index is 2.40. The maximum Gasteiger partial charge on any atom is -0.0152 e. The van der Waals surface area contributed by atoms with Crippen LogP contribution in [-0.2, 0) is 6.42 Å². The molecule has 0 heterocycles. The summed E-state index contributed by atoms with van der Waals surface area (Å²) in [4.78, 5) is 0. The lowest BCUT2D eigenvalue weighted by Gasteiger charge is -2.06. The predicted molar refractivity (Wildman–Crippen MR) is 127 cm³/mol. The highest BCUT2D eigenvalue weighted by Gasteiger charge is 2.00. The van der Waals surface area contributed by atoms with Crippen molar-refractivity contribution in [2.24, 2.45) is 0 Å². The summed E-state index contributed by atoms with van der Waals surface area (Å²) < 4.78 is 0. The second kappa shape index (κ2) is 15.4. The van der Waals surface area contributed by atoms with Gasteiger partial charge >= 0.3 is 0 Å². The van der Waals surface area contributed by atoms with Crippen molar-refractivity contribution in [2.45, 2.75) is 103 Å². The summed E-state index contributed by atoms with van der Waals surface area (Å²) in [5.74, 6) is 0. The summed E-state index contributed by atoms with van der Waals surface area (Å²) in [5.41, 5.74) is 1.53. The largest absolute Gasteiger partial charge is 0.0885 e. The Bertz CT molecular complexity index is 647. The van der Waals surface area contributed by atoms with Crippen molar-refractivity contribution in [3.63, 3.8) is 0 Å². The normalized spacial score (nSPS) is 11.6. The van der Waals surface area contributed by atoms with Gasteiger partial charge in [0.2, 0.25) is 0 Å². The van der Waals surface area contributed by atoms with Crippen molar-refractivity contribution in [3.8, 4) is 0 Å². The van der Waals surface area contributed by atoms with Gasteiger partial charge < -0.3 is 0 Å². The van der Waals surface area contributed by atoms with Gasteiger partial charge in [0.1, 0.15) is 0 Å². The summed E-state index contributed by atoms with van der Waals surface area (Å²) >= 11 is 0. The molecule has 2 aromatic rings. The molecule has 0 N–H and O–H groups in total. The van der Waals surface area contributed by atoms with Crippen molar-refractivity contribution >= 4 is 10.8 Å². The molecule has 2 rings (SSSR count). The second-order valence-corrected chi connectivity index (χ2v) is 8.33. The van der Waals surface area contributed by atoms with Crippen molar-refractivity contribution < 1.29 is 0 Å². The number of aryl methyl sites for hydroxylation is 1. The van der Waals surface area contributed by atoms with Gasteiger partial charge in [-0.15, -0.1) is 0 Å². The van der Waals surface area contributed by atoms with Crippen LogP contribution in [0.15, 0.2) is 54.6 Å². The zero-order chi connectivity index (χ0) is 19.7. The molecule has 2 aromatic carbocycles. The minimum absolute atomic E-state index is 1.23. The first-order chi connectivity index (χ1) is 13.9. The number of fused-ring (bicyclic) bond motifs is 1. The minimum Gasteiger partial charge on any atom is -0.0885 e. The number of rotatable bonds is 16. The average molecular weight is 379 g/mol. The third-order valence-electron chi connectivity index (χ3n) is 5.84. The van der Waals surface area contributed by atoms with Gasteiger partial charge in [0.05, 0.1) is 0 Å². The van der Waals surface area contributed by atoms with Gasteiger partial charge in [-0.3, -0.25) is 0 Å². The van der Waals surface area contributed by atoms with Crippen LogP contribution in [0.25, 0.3) is 10.8 Å². The van der Waals surface area contributed by atoms with E-state index in [2.05, 4.69) is 61.5 Å². The van der Waals surface area contributed by atoms with E-state index in [1.54, 1.807) is 0 Å². The molecule has 0 fully saturated rings. The summed E-state index contributed by atoms with van der Waals surface area (Å²) in [6, 6.07) is 15.5. The molecule has 0 aliphatic rings. The van der Waals surface area contributed by atoms with Crippen LogP contribution in [0.5, 0.6) is 0 Å². The first-order valence-corrected chi connectivity index (χ1v) is 12.0. The Morgan fingerprint density at radius 2 is 1.14 bits per heavy atom. The topological polar surface area (TPSA) is 0 Å². The summed E-state index contributed by atoms with van der Waals surface area (Å²) in [5, 5.41) is 2.83. The van der Waals surface area contributed by atoms with Gasteiger partial charge in [-0.1, -0.05) is 126 Å². The van der Waals surface area contributed by atoms with Crippen LogP contribution in [0.1, 0.15) is 102 Å². The maximum absolute atomic E-state index is 2.40. The first-order valence-electron chi connectivity index (χ1n) is 12.0. The van der Waals surface area contributed by atoms with E-state index >= 15 is 0 Å². The Morgan fingerprint density at radius 1 is 0.571 bits per heavy atom. The van der Waals surface area contributed by atoms with E-state index in [0.717, 1.165) is 0 Å². The highest BCUT2D eigenvalue weighted by Crippen LogP contribution is 2.21. The molecule has 0 aromatic heterocycles. The van der Waals surface area contributed by atoms with Crippen LogP contribution in [0.2, 0.25) is 0 Å². The summed E-state index contributed by atoms with van der Waals surface area (Å²) in [7, 11) is 0. The molecule has 154 valence electrons. The molecule has 28 heavy (non-hydrogen) atoms. The smallest absolute Gasteiger partial charge is 0.0152 e. The number of allylic oxidation sites excluding steroid dienone is 2. The van der Waals surface area contributed by atoms with Crippen LogP contribution in [-0.4, -0.2) is 0 Å². The Hall–Kier alpha value is -1.56. The number of hydrogen-bond donors (Lipinski definition) is 0. The lowest BCUT2D eigenvalue weighted by Crippen LogP contribution is -1.88. The number of benzene rings is 2. The molecule has 0 aliphatic carbocycles. The van der Waals surface area contributed by atoms with Gasteiger partial charge in [-0.25, -0.2) is 0 Å². The van der Waals surface area contributed by atoms with E-state index in [4.69, 9.17) is 0 Å². The molecule has 0 aliphatic heterocycles. The van der Waals surface area contributed by atoms with Gasteiger partial charge in [-0.05, 0) is 48.4 Å². The van der Waals surface area contributed by atoms with Crippen molar-refractivity contribution in [1.82, 2.24) is 0 Å². The van der Waals surface area contributed by atoms with Crippen molar-refractivity contribution in [2.75, 3.05) is 0 Å². The van der Waals surface area contributed by atoms with Gasteiger partial charge in [0.25, 0.3) is 0 Å². The minimum atomic E-state index is 1.23. The standard InChI is InChI=1S/C28H42/c1-2-3-4-5-6-7-8-9-10-11-12-13-14-15-16-17-21-26-23-20-24-27-22-18-19-25-28(26)27/h5-6,18-20,22-25H,2-4,7-17,21H2,1H3/b6-5+. The van der Waals surface area contributed by atoms with Crippen molar-refractivity contribution in [1.29, 1.82) is 0 Å². The lowest BCUT2D eigenvalue weighted by molar-refractivity contribution is 0.552. The van der Waals surface area contributed by atoms with E-state index < -0.39 is 0 Å². The quantitative estimate of drug-likeness (QED) is 0.201. The Balaban J connectivity index is 1.40. The molecule has 0 spiro atoms. The fourth-order valence-corrected chi connectivity index (χ4v) is 4.06. The lowest BCUT2D eigenvalue weighted by atomic mass is 9.99. The average Bonchev–Trinajstić information content (AvgIpc) is 2.73. The van der Waals surface area contributed by atoms with Crippen LogP contribution in [0.4, 0.5) is 0 Å². The third kappa shape index (κ3) is 9.58. The molecule has 0 radical (unpaired) electrons. The monoisotopic (exact) mass is 378 g/mol. The number of unbranched alkanes of at least 4 members (excludes halogenated alkanes) is 12. The summed E-state index contributed by atoms with van der Waals surface area (Å²) in [6.45, 7) is 2.26. The van der Waals surface area contributed by atoms with E-state index in [-0.39, 0.29) is 0 Å². The molecule has 0 atom stereocenters. The Kier molecular flexibility index (Phi) is 12.5. The molecule has 0 amide bonds. The van der Waals surface area contributed by atoms with Gasteiger partial charge in [0.15, 0.2) is 0 Å². The SMILES string of the molecule is CCCC/C=C/CCCCCCCCCCCCc1cccc2ccccc12. The van der Waals surface area contributed by atoms with E-state index in [0.29, 0.717) is 0 Å². The molecular formula is C28H42. The first kappa shape index (κ1) is 22.7.